The van der Waals surface area contributed by atoms with Crippen molar-refractivity contribution in [3.63, 3.8) is 0 Å². The highest BCUT2D eigenvalue weighted by molar-refractivity contribution is 6.31. The molecule has 0 aliphatic heterocycles. The summed E-state index contributed by atoms with van der Waals surface area (Å²) in [5.41, 5.74) is 6.40. The number of halogens is 1. The molecule has 1 aromatic carbocycles. The molecule has 0 aliphatic rings. The van der Waals surface area contributed by atoms with E-state index in [0.717, 1.165) is 5.56 Å². The average molecular weight is 242 g/mol. The van der Waals surface area contributed by atoms with Gasteiger partial charge in [0.1, 0.15) is 0 Å². The monoisotopic (exact) mass is 241 g/mol. The van der Waals surface area contributed by atoms with Gasteiger partial charge in [0.2, 0.25) is 0 Å². The van der Waals surface area contributed by atoms with Crippen LogP contribution < -0.4 is 5.73 Å². The van der Waals surface area contributed by atoms with Crippen LogP contribution in [0.4, 0.5) is 0 Å². The van der Waals surface area contributed by atoms with E-state index >= 15 is 0 Å². The summed E-state index contributed by atoms with van der Waals surface area (Å²) in [5.74, 6) is -1.26. The minimum atomic E-state index is -0.846. The Kier molecular flexibility index (Phi) is 4.77. The summed E-state index contributed by atoms with van der Waals surface area (Å²) in [4.78, 5) is 10.9. The molecule has 0 bridgehead atoms. The number of nitrogens with two attached hydrogens (primary N) is 1. The van der Waals surface area contributed by atoms with Crippen molar-refractivity contribution in [2.75, 3.05) is 6.54 Å². The van der Waals surface area contributed by atoms with Crippen LogP contribution in [0.25, 0.3) is 0 Å². The Morgan fingerprint density at radius 2 is 2.12 bits per heavy atom. The Morgan fingerprint density at radius 3 is 2.62 bits per heavy atom. The summed E-state index contributed by atoms with van der Waals surface area (Å²) < 4.78 is 0. The van der Waals surface area contributed by atoms with Crippen molar-refractivity contribution in [3.05, 3.63) is 34.9 Å². The normalized spacial score (nSPS) is 14.4. The van der Waals surface area contributed by atoms with E-state index in [2.05, 4.69) is 0 Å². The SMILES string of the molecule is CC(CC(CN)C(=O)O)c1ccccc1Cl. The minimum Gasteiger partial charge on any atom is -0.481 e. The highest BCUT2D eigenvalue weighted by Crippen LogP contribution is 2.28. The van der Waals surface area contributed by atoms with Gasteiger partial charge in [0.05, 0.1) is 5.92 Å². The topological polar surface area (TPSA) is 63.3 Å². The zero-order valence-electron chi connectivity index (χ0n) is 9.19. The summed E-state index contributed by atoms with van der Waals surface area (Å²) in [6.07, 6.45) is 0.509. The van der Waals surface area contributed by atoms with Gasteiger partial charge in [-0.05, 0) is 24.0 Å². The van der Waals surface area contributed by atoms with Crippen LogP contribution in [0, 0.1) is 5.92 Å². The lowest BCUT2D eigenvalue weighted by Crippen LogP contribution is -2.24. The van der Waals surface area contributed by atoms with E-state index in [0.29, 0.717) is 11.4 Å². The predicted octanol–water partition coefficient (Wildman–Crippen LogP) is 2.49. The highest BCUT2D eigenvalue weighted by atomic mass is 35.5. The van der Waals surface area contributed by atoms with Crippen molar-refractivity contribution >= 4 is 17.6 Å². The number of benzene rings is 1. The first kappa shape index (κ1) is 13.0. The van der Waals surface area contributed by atoms with Crippen LogP contribution in [0.2, 0.25) is 5.02 Å². The Hall–Kier alpha value is -1.06. The van der Waals surface area contributed by atoms with Crippen LogP contribution in [0.5, 0.6) is 0 Å². The lowest BCUT2D eigenvalue weighted by Gasteiger charge is -2.17. The van der Waals surface area contributed by atoms with Gasteiger partial charge in [-0.15, -0.1) is 0 Å². The molecule has 1 rings (SSSR count). The Morgan fingerprint density at radius 1 is 1.50 bits per heavy atom. The number of hydrogen-bond acceptors (Lipinski definition) is 2. The van der Waals surface area contributed by atoms with Crippen molar-refractivity contribution in [2.45, 2.75) is 19.3 Å². The molecule has 0 aliphatic carbocycles. The number of carbonyl (C=O) groups is 1. The van der Waals surface area contributed by atoms with Crippen molar-refractivity contribution in [2.24, 2.45) is 11.7 Å². The minimum absolute atomic E-state index is 0.0957. The van der Waals surface area contributed by atoms with Crippen LogP contribution in [-0.2, 0) is 4.79 Å². The van der Waals surface area contributed by atoms with Gasteiger partial charge in [0.15, 0.2) is 0 Å². The van der Waals surface area contributed by atoms with Crippen LogP contribution in [-0.4, -0.2) is 17.6 Å². The van der Waals surface area contributed by atoms with Gasteiger partial charge in [0, 0.05) is 11.6 Å². The first-order valence-electron chi connectivity index (χ1n) is 5.23. The molecule has 16 heavy (non-hydrogen) atoms. The van der Waals surface area contributed by atoms with Gasteiger partial charge < -0.3 is 10.8 Å². The van der Waals surface area contributed by atoms with Crippen molar-refractivity contribution < 1.29 is 9.90 Å². The maximum Gasteiger partial charge on any atom is 0.307 e. The molecule has 1 aromatic rings. The van der Waals surface area contributed by atoms with Gasteiger partial charge in [-0.2, -0.15) is 0 Å². The lowest BCUT2D eigenvalue weighted by molar-refractivity contribution is -0.141. The zero-order chi connectivity index (χ0) is 12.1. The maximum atomic E-state index is 10.9. The van der Waals surface area contributed by atoms with Gasteiger partial charge in [-0.3, -0.25) is 4.79 Å². The molecule has 0 fully saturated rings. The van der Waals surface area contributed by atoms with Crippen LogP contribution >= 0.6 is 11.6 Å². The fourth-order valence-electron chi connectivity index (χ4n) is 1.73. The molecular formula is C12H16ClNO2. The molecule has 0 saturated carbocycles. The Bertz CT molecular complexity index is 368. The van der Waals surface area contributed by atoms with E-state index in [4.69, 9.17) is 22.4 Å². The lowest BCUT2D eigenvalue weighted by atomic mass is 9.90. The fourth-order valence-corrected chi connectivity index (χ4v) is 2.05. The standard InChI is InChI=1S/C12H16ClNO2/c1-8(6-9(7-14)12(15)16)10-4-2-3-5-11(10)13/h2-5,8-9H,6-7,14H2,1H3,(H,15,16). The summed E-state index contributed by atoms with van der Waals surface area (Å²) >= 11 is 6.05. The molecular weight excluding hydrogens is 226 g/mol. The second-order valence-electron chi connectivity index (χ2n) is 3.93. The average Bonchev–Trinajstić information content (AvgIpc) is 2.25. The summed E-state index contributed by atoms with van der Waals surface area (Å²) in [6, 6.07) is 7.49. The summed E-state index contributed by atoms with van der Waals surface area (Å²) in [5, 5.41) is 9.60. The molecule has 2 atom stereocenters. The molecule has 0 amide bonds. The number of aliphatic carboxylic acids is 1. The number of carboxylic acids is 1. The summed E-state index contributed by atoms with van der Waals surface area (Å²) in [7, 11) is 0. The van der Waals surface area contributed by atoms with Crippen LogP contribution in [0.1, 0.15) is 24.8 Å². The molecule has 3 N–H and O–H groups in total. The highest BCUT2D eigenvalue weighted by Gasteiger charge is 2.20. The van der Waals surface area contributed by atoms with Gasteiger partial charge >= 0.3 is 5.97 Å². The molecule has 0 heterocycles. The van der Waals surface area contributed by atoms with Crippen molar-refractivity contribution in [3.8, 4) is 0 Å². The second kappa shape index (κ2) is 5.87. The third-order valence-electron chi connectivity index (χ3n) is 2.71. The van der Waals surface area contributed by atoms with Gasteiger partial charge in [-0.1, -0.05) is 36.7 Å². The number of rotatable bonds is 5. The zero-order valence-corrected chi connectivity index (χ0v) is 9.95. The molecule has 0 saturated heterocycles. The molecule has 0 aromatic heterocycles. The van der Waals surface area contributed by atoms with Crippen molar-refractivity contribution in [1.29, 1.82) is 0 Å². The molecule has 88 valence electrons. The quantitative estimate of drug-likeness (QED) is 0.833. The van der Waals surface area contributed by atoms with Gasteiger partial charge in [-0.25, -0.2) is 0 Å². The summed E-state index contributed by atoms with van der Waals surface area (Å²) in [6.45, 7) is 2.12. The smallest absolute Gasteiger partial charge is 0.307 e. The van der Waals surface area contributed by atoms with E-state index in [1.165, 1.54) is 0 Å². The Balaban J connectivity index is 2.75. The molecule has 0 radical (unpaired) electrons. The number of carboxylic acid groups (broad SMARTS) is 1. The van der Waals surface area contributed by atoms with Crippen LogP contribution in [0.3, 0.4) is 0 Å². The molecule has 4 heteroatoms. The van der Waals surface area contributed by atoms with E-state index in [1.807, 2.05) is 31.2 Å². The van der Waals surface area contributed by atoms with Crippen molar-refractivity contribution in [1.82, 2.24) is 0 Å². The second-order valence-corrected chi connectivity index (χ2v) is 4.34. The third kappa shape index (κ3) is 3.22. The van der Waals surface area contributed by atoms with Crippen LogP contribution in [0.15, 0.2) is 24.3 Å². The number of hydrogen-bond donors (Lipinski definition) is 2. The van der Waals surface area contributed by atoms with E-state index in [9.17, 15) is 4.79 Å². The molecule has 3 nitrogen and oxygen atoms in total. The van der Waals surface area contributed by atoms with E-state index < -0.39 is 11.9 Å². The van der Waals surface area contributed by atoms with E-state index in [-0.39, 0.29) is 12.5 Å². The Labute approximate surface area is 100 Å². The fraction of sp³-hybridized carbons (Fsp3) is 0.417. The third-order valence-corrected chi connectivity index (χ3v) is 3.05. The van der Waals surface area contributed by atoms with Gasteiger partial charge in [0.25, 0.3) is 0 Å². The first-order chi connectivity index (χ1) is 7.56. The predicted molar refractivity (Wildman–Crippen MR) is 64.7 cm³/mol. The molecule has 0 spiro atoms. The molecule has 2 unspecified atom stereocenters. The largest absolute Gasteiger partial charge is 0.481 e. The van der Waals surface area contributed by atoms with E-state index in [1.54, 1.807) is 0 Å². The maximum absolute atomic E-state index is 10.9. The first-order valence-corrected chi connectivity index (χ1v) is 5.61.